The van der Waals surface area contributed by atoms with Gasteiger partial charge < -0.3 is 19.7 Å². The van der Waals surface area contributed by atoms with E-state index in [4.69, 9.17) is 9.47 Å². The molecule has 1 N–H and O–H groups in total. The smallest absolute Gasteiger partial charge is 0.410 e. The zero-order valence-electron chi connectivity index (χ0n) is 19.4. The van der Waals surface area contributed by atoms with Gasteiger partial charge in [-0.25, -0.2) is 9.59 Å². The second-order valence-electron chi connectivity index (χ2n) is 9.56. The van der Waals surface area contributed by atoms with Crippen LogP contribution < -0.4 is 5.32 Å². The van der Waals surface area contributed by atoms with Gasteiger partial charge in [0.2, 0.25) is 0 Å². The Labute approximate surface area is 204 Å². The molecule has 3 aromatic carbocycles. The highest BCUT2D eigenvalue weighted by Crippen LogP contribution is 2.45. The van der Waals surface area contributed by atoms with E-state index in [1.165, 1.54) is 22.3 Å². The molecule has 0 saturated carbocycles. The van der Waals surface area contributed by atoms with Crippen molar-refractivity contribution >= 4 is 12.2 Å². The van der Waals surface area contributed by atoms with Crippen molar-refractivity contribution in [3.63, 3.8) is 0 Å². The minimum atomic E-state index is -0.445. The fourth-order valence-corrected chi connectivity index (χ4v) is 6.01. The van der Waals surface area contributed by atoms with Gasteiger partial charge in [-0.1, -0.05) is 78.9 Å². The number of carbonyl (C=O) groups excluding carboxylic acids is 2. The van der Waals surface area contributed by atoms with Crippen molar-refractivity contribution < 1.29 is 19.1 Å². The third-order valence-corrected chi connectivity index (χ3v) is 7.60. The van der Waals surface area contributed by atoms with E-state index in [9.17, 15) is 9.59 Å². The van der Waals surface area contributed by atoms with Gasteiger partial charge in [-0.05, 0) is 47.1 Å². The highest BCUT2D eigenvalue weighted by molar-refractivity contribution is 5.79. The van der Waals surface area contributed by atoms with E-state index in [0.717, 1.165) is 24.8 Å². The molecule has 178 valence electrons. The molecular weight excluding hydrogens is 440 g/mol. The lowest BCUT2D eigenvalue weighted by molar-refractivity contribution is 0.0918. The van der Waals surface area contributed by atoms with E-state index < -0.39 is 6.09 Å². The van der Waals surface area contributed by atoms with Crippen molar-refractivity contribution in [3.05, 3.63) is 95.6 Å². The molecule has 0 radical (unpaired) electrons. The zero-order chi connectivity index (χ0) is 23.8. The molecule has 35 heavy (non-hydrogen) atoms. The number of nitrogens with one attached hydrogen (secondary N) is 1. The number of rotatable bonds is 5. The summed E-state index contributed by atoms with van der Waals surface area (Å²) in [5.74, 6) is 0.0356. The first kappa shape index (κ1) is 21.7. The molecule has 0 unspecified atom stereocenters. The van der Waals surface area contributed by atoms with Crippen molar-refractivity contribution in [1.82, 2.24) is 10.2 Å². The average Bonchev–Trinajstić information content (AvgIpc) is 3.56. The molecule has 3 atom stereocenters. The van der Waals surface area contributed by atoms with E-state index in [-0.39, 0.29) is 36.7 Å². The summed E-state index contributed by atoms with van der Waals surface area (Å²) in [4.78, 5) is 27.4. The van der Waals surface area contributed by atoms with Crippen LogP contribution >= 0.6 is 0 Å². The SMILES string of the molecule is O=C(N[C@H]1C[C@@H]2CC[C@H]1N2C(=O)OCC1c2ccccc2-c2ccccc21)OCc1ccccc1. The summed E-state index contributed by atoms with van der Waals surface area (Å²) >= 11 is 0. The highest BCUT2D eigenvalue weighted by Gasteiger charge is 2.50. The summed E-state index contributed by atoms with van der Waals surface area (Å²) in [6.07, 6.45) is 1.79. The summed E-state index contributed by atoms with van der Waals surface area (Å²) in [6, 6.07) is 26.2. The standard InChI is InChI=1S/C29H28N2O4/c32-28(34-17-19-8-2-1-3-9-19)30-26-16-20-14-15-27(26)31(20)29(33)35-18-25-23-12-6-4-10-21(23)22-11-5-7-13-24(22)25/h1-13,20,25-27H,14-18H2,(H,30,32)/t20-,26-,27+/m0/s1. The topological polar surface area (TPSA) is 67.9 Å². The van der Waals surface area contributed by atoms with Gasteiger partial charge in [-0.15, -0.1) is 0 Å². The van der Waals surface area contributed by atoms with E-state index in [1.54, 1.807) is 0 Å². The lowest BCUT2D eigenvalue weighted by Gasteiger charge is -2.25. The molecular formula is C29H28N2O4. The van der Waals surface area contributed by atoms with Crippen LogP contribution in [0.3, 0.4) is 0 Å². The van der Waals surface area contributed by atoms with Crippen LogP contribution in [0.25, 0.3) is 11.1 Å². The highest BCUT2D eigenvalue weighted by atomic mass is 16.6. The Kier molecular flexibility index (Phi) is 5.64. The predicted octanol–water partition coefficient (Wildman–Crippen LogP) is 5.47. The summed E-state index contributed by atoms with van der Waals surface area (Å²) in [7, 11) is 0. The van der Waals surface area contributed by atoms with E-state index in [1.807, 2.05) is 59.5 Å². The monoisotopic (exact) mass is 468 g/mol. The van der Waals surface area contributed by atoms with Crippen LogP contribution in [0, 0.1) is 0 Å². The van der Waals surface area contributed by atoms with Crippen LogP contribution in [0.4, 0.5) is 9.59 Å². The molecule has 0 aromatic heterocycles. The van der Waals surface area contributed by atoms with Crippen LogP contribution in [-0.4, -0.2) is 41.8 Å². The van der Waals surface area contributed by atoms with Crippen molar-refractivity contribution in [2.24, 2.45) is 0 Å². The molecule has 2 bridgehead atoms. The molecule has 6 rings (SSSR count). The zero-order valence-corrected chi connectivity index (χ0v) is 19.4. The van der Waals surface area contributed by atoms with Gasteiger partial charge in [-0.3, -0.25) is 0 Å². The summed E-state index contributed by atoms with van der Waals surface area (Å²) in [6.45, 7) is 0.531. The molecule has 6 nitrogen and oxygen atoms in total. The quantitative estimate of drug-likeness (QED) is 0.539. The third kappa shape index (κ3) is 4.03. The van der Waals surface area contributed by atoms with Crippen LogP contribution in [0.2, 0.25) is 0 Å². The Hall–Kier alpha value is -3.80. The van der Waals surface area contributed by atoms with Crippen molar-refractivity contribution in [2.75, 3.05) is 6.61 Å². The first-order valence-electron chi connectivity index (χ1n) is 12.3. The number of hydrogen-bond acceptors (Lipinski definition) is 4. The van der Waals surface area contributed by atoms with Crippen molar-refractivity contribution in [2.45, 2.75) is 49.9 Å². The van der Waals surface area contributed by atoms with Crippen molar-refractivity contribution in [3.8, 4) is 11.1 Å². The Bertz CT molecular complexity index is 1200. The third-order valence-electron chi connectivity index (χ3n) is 7.60. The van der Waals surface area contributed by atoms with Crippen molar-refractivity contribution in [1.29, 1.82) is 0 Å². The van der Waals surface area contributed by atoms with E-state index >= 15 is 0 Å². The number of nitrogens with zero attached hydrogens (tertiary/aromatic N) is 1. The fourth-order valence-electron chi connectivity index (χ4n) is 6.01. The molecule has 2 aliphatic heterocycles. The van der Waals surface area contributed by atoms with Crippen LogP contribution in [0.1, 0.15) is 41.9 Å². The molecule has 0 spiro atoms. The first-order chi connectivity index (χ1) is 17.2. The molecule has 2 fully saturated rings. The number of hydrogen-bond donors (Lipinski definition) is 1. The van der Waals surface area contributed by atoms with E-state index in [2.05, 4.69) is 29.6 Å². The second kappa shape index (κ2) is 9.10. The summed E-state index contributed by atoms with van der Waals surface area (Å²) in [5.41, 5.74) is 5.77. The number of alkyl carbamates (subject to hydrolysis) is 1. The number of carbonyl (C=O) groups is 2. The van der Waals surface area contributed by atoms with Gasteiger partial charge in [0.05, 0.1) is 12.1 Å². The molecule has 3 aromatic rings. The van der Waals surface area contributed by atoms with Gasteiger partial charge >= 0.3 is 12.2 Å². The molecule has 2 saturated heterocycles. The maximum atomic E-state index is 13.2. The minimum Gasteiger partial charge on any atom is -0.448 e. The lowest BCUT2D eigenvalue weighted by Crippen LogP contribution is -2.45. The Morgan fingerprint density at radius 2 is 1.49 bits per heavy atom. The second-order valence-corrected chi connectivity index (χ2v) is 9.56. The number of amides is 2. The van der Waals surface area contributed by atoms with Crippen LogP contribution in [0.15, 0.2) is 78.9 Å². The van der Waals surface area contributed by atoms with Gasteiger partial charge in [0, 0.05) is 12.0 Å². The van der Waals surface area contributed by atoms with Gasteiger partial charge in [0.1, 0.15) is 13.2 Å². The fraction of sp³-hybridized carbons (Fsp3) is 0.310. The normalized spacial score (nSPS) is 21.9. The maximum absolute atomic E-state index is 13.2. The van der Waals surface area contributed by atoms with E-state index in [0.29, 0.717) is 6.61 Å². The van der Waals surface area contributed by atoms with Gasteiger partial charge in [0.25, 0.3) is 0 Å². The van der Waals surface area contributed by atoms with Crippen LogP contribution in [0.5, 0.6) is 0 Å². The molecule has 2 heterocycles. The molecule has 3 aliphatic rings. The molecule has 2 amide bonds. The van der Waals surface area contributed by atoms with Gasteiger partial charge in [-0.2, -0.15) is 0 Å². The number of ether oxygens (including phenoxy) is 2. The lowest BCUT2D eigenvalue weighted by atomic mass is 9.96. The van der Waals surface area contributed by atoms with Gasteiger partial charge in [0.15, 0.2) is 0 Å². The first-order valence-corrected chi connectivity index (χ1v) is 12.3. The summed E-state index contributed by atoms with van der Waals surface area (Å²) < 4.78 is 11.3. The molecule has 6 heteroatoms. The minimum absolute atomic E-state index is 0.0356. The summed E-state index contributed by atoms with van der Waals surface area (Å²) in [5, 5.41) is 2.98. The number of fused-ring (bicyclic) bond motifs is 5. The number of benzene rings is 3. The Balaban J connectivity index is 1.08. The van der Waals surface area contributed by atoms with Crippen LogP contribution in [-0.2, 0) is 16.1 Å². The Morgan fingerprint density at radius 3 is 2.20 bits per heavy atom. The maximum Gasteiger partial charge on any atom is 0.410 e. The predicted molar refractivity (Wildman–Crippen MR) is 132 cm³/mol. The Morgan fingerprint density at radius 1 is 0.829 bits per heavy atom. The largest absolute Gasteiger partial charge is 0.448 e. The molecule has 1 aliphatic carbocycles. The average molecular weight is 469 g/mol.